The van der Waals surface area contributed by atoms with Gasteiger partial charge in [-0.05, 0) is 6.92 Å². The van der Waals surface area contributed by atoms with Gasteiger partial charge >= 0.3 is 6.18 Å². The zero-order chi connectivity index (χ0) is 14.1. The van der Waals surface area contributed by atoms with Gasteiger partial charge in [0, 0.05) is 12.1 Å². The van der Waals surface area contributed by atoms with Gasteiger partial charge in [0.05, 0.1) is 17.6 Å². The molecule has 0 spiro atoms. The van der Waals surface area contributed by atoms with Crippen LogP contribution in [0.3, 0.4) is 0 Å². The summed E-state index contributed by atoms with van der Waals surface area (Å²) in [5.74, 6) is -0.968. The number of nitro benzene ring substituents is 1. The second kappa shape index (κ2) is 4.63. The summed E-state index contributed by atoms with van der Waals surface area (Å²) in [7, 11) is 1.08. The van der Waals surface area contributed by atoms with Crippen LogP contribution in [0.5, 0.6) is 5.75 Å². The Morgan fingerprint density at radius 1 is 1.39 bits per heavy atom. The quantitative estimate of drug-likeness (QED) is 0.477. The van der Waals surface area contributed by atoms with Gasteiger partial charge in [0.15, 0.2) is 5.78 Å². The number of Topliss-reactive ketones (excluding diaryl/α,β-unsaturated/α-hetero) is 1. The van der Waals surface area contributed by atoms with Crippen molar-refractivity contribution in [2.75, 3.05) is 7.11 Å². The van der Waals surface area contributed by atoms with Crippen LogP contribution in [0.15, 0.2) is 12.1 Å². The number of benzene rings is 1. The van der Waals surface area contributed by atoms with E-state index in [0.717, 1.165) is 14.0 Å². The summed E-state index contributed by atoms with van der Waals surface area (Å²) < 4.78 is 42.5. The van der Waals surface area contributed by atoms with Crippen LogP contribution in [0.1, 0.15) is 22.8 Å². The van der Waals surface area contributed by atoms with Crippen LogP contribution in [0.25, 0.3) is 0 Å². The van der Waals surface area contributed by atoms with Gasteiger partial charge < -0.3 is 4.74 Å². The van der Waals surface area contributed by atoms with Crippen molar-refractivity contribution in [1.82, 2.24) is 0 Å². The van der Waals surface area contributed by atoms with E-state index >= 15 is 0 Å². The molecule has 0 radical (unpaired) electrons. The monoisotopic (exact) mass is 263 g/mol. The molecule has 0 amide bonds. The van der Waals surface area contributed by atoms with E-state index in [-0.39, 0.29) is 11.3 Å². The maximum atomic E-state index is 12.6. The van der Waals surface area contributed by atoms with Gasteiger partial charge in [0.2, 0.25) is 0 Å². The first-order chi connectivity index (χ1) is 8.18. The molecule has 0 saturated carbocycles. The average molecular weight is 263 g/mol. The van der Waals surface area contributed by atoms with E-state index in [9.17, 15) is 28.1 Å². The second-order valence-corrected chi connectivity index (χ2v) is 3.38. The highest BCUT2D eigenvalue weighted by atomic mass is 19.4. The van der Waals surface area contributed by atoms with Crippen LogP contribution < -0.4 is 4.74 Å². The minimum absolute atomic E-state index is 0.266. The molecule has 18 heavy (non-hydrogen) atoms. The predicted molar refractivity (Wildman–Crippen MR) is 54.7 cm³/mol. The lowest BCUT2D eigenvalue weighted by molar-refractivity contribution is -0.388. The summed E-state index contributed by atoms with van der Waals surface area (Å²) in [4.78, 5) is 20.6. The van der Waals surface area contributed by atoms with E-state index in [2.05, 4.69) is 4.74 Å². The maximum absolute atomic E-state index is 12.6. The van der Waals surface area contributed by atoms with Gasteiger partial charge in [0.1, 0.15) is 11.3 Å². The number of carbonyl (C=O) groups excluding carboxylic acids is 1. The van der Waals surface area contributed by atoms with Crippen molar-refractivity contribution >= 4 is 11.5 Å². The number of nitro groups is 1. The highest BCUT2D eigenvalue weighted by molar-refractivity contribution is 5.97. The van der Waals surface area contributed by atoms with E-state index < -0.39 is 28.1 Å². The molecule has 1 rings (SSSR count). The first-order valence-electron chi connectivity index (χ1n) is 4.63. The molecule has 0 unspecified atom stereocenters. The van der Waals surface area contributed by atoms with Crippen molar-refractivity contribution in [3.05, 3.63) is 33.4 Å². The number of hydrogen-bond acceptors (Lipinski definition) is 4. The minimum Gasteiger partial charge on any atom is -0.496 e. The molecule has 0 aromatic heterocycles. The number of rotatable bonds is 3. The Hall–Kier alpha value is -2.12. The Balaban J connectivity index is 3.63. The zero-order valence-electron chi connectivity index (χ0n) is 9.37. The molecule has 0 aliphatic rings. The molecule has 0 heterocycles. The second-order valence-electron chi connectivity index (χ2n) is 3.38. The summed E-state index contributed by atoms with van der Waals surface area (Å²) in [5.41, 5.74) is -2.89. The Morgan fingerprint density at radius 2 is 1.94 bits per heavy atom. The fourth-order valence-corrected chi connectivity index (χ4v) is 1.39. The average Bonchev–Trinajstić information content (AvgIpc) is 2.25. The topological polar surface area (TPSA) is 69.4 Å². The van der Waals surface area contributed by atoms with Gasteiger partial charge in [-0.25, -0.2) is 0 Å². The van der Waals surface area contributed by atoms with Crippen LogP contribution in [0, 0.1) is 10.1 Å². The van der Waals surface area contributed by atoms with Crippen molar-refractivity contribution in [2.45, 2.75) is 13.1 Å². The van der Waals surface area contributed by atoms with E-state index in [1.807, 2.05) is 0 Å². The molecule has 5 nitrogen and oxygen atoms in total. The minimum atomic E-state index is -4.90. The van der Waals surface area contributed by atoms with Gasteiger partial charge in [0.25, 0.3) is 5.69 Å². The van der Waals surface area contributed by atoms with E-state index in [1.165, 1.54) is 0 Å². The number of carbonyl (C=O) groups is 1. The van der Waals surface area contributed by atoms with Crippen LogP contribution >= 0.6 is 0 Å². The number of methoxy groups -OCH3 is 1. The van der Waals surface area contributed by atoms with Gasteiger partial charge in [-0.15, -0.1) is 0 Å². The van der Waals surface area contributed by atoms with Crippen LogP contribution in [-0.2, 0) is 6.18 Å². The van der Waals surface area contributed by atoms with Crippen molar-refractivity contribution in [1.29, 1.82) is 0 Å². The third kappa shape index (κ3) is 2.58. The van der Waals surface area contributed by atoms with Gasteiger partial charge in [-0.1, -0.05) is 0 Å². The lowest BCUT2D eigenvalue weighted by Crippen LogP contribution is -2.11. The van der Waals surface area contributed by atoms with Crippen molar-refractivity contribution in [2.24, 2.45) is 0 Å². The molecular weight excluding hydrogens is 255 g/mol. The lowest BCUT2D eigenvalue weighted by atomic mass is 10.0. The Bertz CT molecular complexity index is 511. The fourth-order valence-electron chi connectivity index (χ4n) is 1.39. The predicted octanol–water partition coefficient (Wildman–Crippen LogP) is 2.82. The van der Waals surface area contributed by atoms with Gasteiger partial charge in [-0.2, -0.15) is 13.2 Å². The molecule has 8 heteroatoms. The number of halogens is 3. The number of hydrogen-bond donors (Lipinski definition) is 0. The summed E-state index contributed by atoms with van der Waals surface area (Å²) in [6.45, 7) is 1.08. The van der Waals surface area contributed by atoms with Gasteiger partial charge in [-0.3, -0.25) is 14.9 Å². The number of ether oxygens (including phenoxy) is 1. The fraction of sp³-hybridized carbons (Fsp3) is 0.300. The molecule has 0 aliphatic heterocycles. The molecule has 98 valence electrons. The Kier molecular flexibility index (Phi) is 3.59. The third-order valence-electron chi connectivity index (χ3n) is 2.20. The van der Waals surface area contributed by atoms with Crippen molar-refractivity contribution in [3.8, 4) is 5.75 Å². The van der Waals surface area contributed by atoms with Crippen molar-refractivity contribution in [3.63, 3.8) is 0 Å². The highest BCUT2D eigenvalue weighted by Gasteiger charge is 2.39. The number of nitrogens with zero attached hydrogens (tertiary/aromatic N) is 1. The summed E-state index contributed by atoms with van der Waals surface area (Å²) in [6, 6.07) is 1.03. The smallest absolute Gasteiger partial charge is 0.423 e. The first kappa shape index (κ1) is 13.9. The Labute approximate surface area is 99.3 Å². The normalized spacial score (nSPS) is 11.2. The van der Waals surface area contributed by atoms with Crippen LogP contribution in [-0.4, -0.2) is 17.8 Å². The summed E-state index contributed by atoms with van der Waals surface area (Å²) >= 11 is 0. The van der Waals surface area contributed by atoms with E-state index in [1.54, 1.807) is 0 Å². The van der Waals surface area contributed by atoms with Crippen LogP contribution in [0.4, 0.5) is 18.9 Å². The standard InChI is InChI=1S/C10H8F3NO4/c1-5(15)6-3-8(14(16)17)7(10(11,12)13)4-9(6)18-2/h3-4H,1-2H3. The third-order valence-corrected chi connectivity index (χ3v) is 2.20. The number of alkyl halides is 3. The molecule has 0 fully saturated rings. The molecule has 1 aromatic carbocycles. The van der Waals surface area contributed by atoms with Crippen molar-refractivity contribution < 1.29 is 27.6 Å². The van der Waals surface area contributed by atoms with E-state index in [0.29, 0.717) is 12.1 Å². The molecule has 0 atom stereocenters. The molecule has 1 aromatic rings. The summed E-state index contributed by atoms with van der Waals surface area (Å²) in [5, 5.41) is 10.6. The maximum Gasteiger partial charge on any atom is 0.423 e. The SMILES string of the molecule is COc1cc(C(F)(F)F)c([N+](=O)[O-])cc1C(C)=O. The summed E-state index contributed by atoms with van der Waals surface area (Å²) in [6.07, 6.45) is -4.90. The molecule has 0 saturated heterocycles. The Morgan fingerprint density at radius 3 is 2.28 bits per heavy atom. The molecule has 0 bridgehead atoms. The molecule has 0 aliphatic carbocycles. The van der Waals surface area contributed by atoms with E-state index in [4.69, 9.17) is 0 Å². The molecule has 0 N–H and O–H groups in total. The highest BCUT2D eigenvalue weighted by Crippen LogP contribution is 2.39. The lowest BCUT2D eigenvalue weighted by Gasteiger charge is -2.11. The first-order valence-corrected chi connectivity index (χ1v) is 4.63. The largest absolute Gasteiger partial charge is 0.496 e. The van der Waals surface area contributed by atoms with Crippen LogP contribution in [0.2, 0.25) is 0 Å². The molecular formula is C10H8F3NO4. The zero-order valence-corrected chi connectivity index (χ0v) is 9.37. The number of ketones is 1.